The van der Waals surface area contributed by atoms with Gasteiger partial charge in [0.1, 0.15) is 5.82 Å². The molecule has 5 heteroatoms. The largest absolute Gasteiger partial charge is 0.383 e. The van der Waals surface area contributed by atoms with E-state index in [4.69, 9.17) is 27.9 Å². The summed E-state index contributed by atoms with van der Waals surface area (Å²) in [4.78, 5) is 4.02. The molecule has 0 saturated heterocycles. The topological polar surface area (TPSA) is 34.1 Å². The van der Waals surface area contributed by atoms with Crippen molar-refractivity contribution in [3.8, 4) is 0 Å². The summed E-state index contributed by atoms with van der Waals surface area (Å²) in [5.41, 5.74) is 0. The molecule has 13 heavy (non-hydrogen) atoms. The molecule has 0 saturated carbocycles. The smallest absolute Gasteiger partial charge is 0.144 e. The number of ether oxygens (including phenoxy) is 1. The lowest BCUT2D eigenvalue weighted by atomic mass is 10.4. The monoisotopic (exact) mass is 220 g/mol. The molecule has 0 radical (unpaired) electrons. The summed E-state index contributed by atoms with van der Waals surface area (Å²) in [6.45, 7) is 1.28. The fourth-order valence-corrected chi connectivity index (χ4v) is 1.26. The first-order valence-corrected chi connectivity index (χ1v) is 4.53. The molecule has 1 aromatic heterocycles. The van der Waals surface area contributed by atoms with Gasteiger partial charge in [0, 0.05) is 19.9 Å². The van der Waals surface area contributed by atoms with Crippen molar-refractivity contribution in [2.45, 2.75) is 0 Å². The summed E-state index contributed by atoms with van der Waals surface area (Å²) < 4.78 is 4.87. The van der Waals surface area contributed by atoms with Gasteiger partial charge in [0.25, 0.3) is 0 Å². The van der Waals surface area contributed by atoms with E-state index in [0.29, 0.717) is 29.0 Å². The lowest BCUT2D eigenvalue weighted by molar-refractivity contribution is 0.210. The number of methoxy groups -OCH3 is 1. The number of aromatic nitrogens is 1. The molecule has 72 valence electrons. The van der Waals surface area contributed by atoms with Crippen LogP contribution in [0.4, 0.5) is 5.82 Å². The third-order valence-electron chi connectivity index (χ3n) is 1.41. The average Bonchev–Trinajstić information content (AvgIpc) is 2.09. The first-order chi connectivity index (χ1) is 6.24. The van der Waals surface area contributed by atoms with Gasteiger partial charge in [-0.15, -0.1) is 0 Å². The molecular formula is C8H10Cl2N2O. The highest BCUT2D eigenvalue weighted by Crippen LogP contribution is 2.21. The van der Waals surface area contributed by atoms with E-state index in [1.807, 2.05) is 0 Å². The van der Waals surface area contributed by atoms with Crippen molar-refractivity contribution in [1.29, 1.82) is 0 Å². The molecule has 0 fully saturated rings. The van der Waals surface area contributed by atoms with Crippen molar-refractivity contribution in [3.05, 3.63) is 22.3 Å². The molecule has 1 N–H and O–H groups in total. The van der Waals surface area contributed by atoms with Crippen LogP contribution in [-0.4, -0.2) is 25.2 Å². The number of anilines is 1. The minimum absolute atomic E-state index is 0.517. The molecule has 0 spiro atoms. The number of nitrogens with zero attached hydrogens (tertiary/aromatic N) is 1. The molecule has 0 unspecified atom stereocenters. The number of hydrogen-bond acceptors (Lipinski definition) is 3. The number of pyridine rings is 1. The lowest BCUT2D eigenvalue weighted by Crippen LogP contribution is -2.08. The lowest BCUT2D eigenvalue weighted by Gasteiger charge is -2.06. The van der Waals surface area contributed by atoms with Crippen LogP contribution in [0.1, 0.15) is 0 Å². The normalized spacial score (nSPS) is 10.1. The third kappa shape index (κ3) is 3.38. The predicted octanol–water partition coefficient (Wildman–Crippen LogP) is 2.45. The van der Waals surface area contributed by atoms with Crippen LogP contribution in [-0.2, 0) is 4.74 Å². The highest BCUT2D eigenvalue weighted by atomic mass is 35.5. The van der Waals surface area contributed by atoms with Gasteiger partial charge in [0.05, 0.1) is 16.7 Å². The standard InChI is InChI=1S/C8H10Cl2N2O/c1-13-3-2-11-8-7(10)4-6(9)5-12-8/h4-5H,2-3H2,1H3,(H,11,12). The van der Waals surface area contributed by atoms with Crippen LogP contribution < -0.4 is 5.32 Å². The van der Waals surface area contributed by atoms with Gasteiger partial charge < -0.3 is 10.1 Å². The minimum atomic E-state index is 0.517. The second-order valence-electron chi connectivity index (χ2n) is 2.40. The van der Waals surface area contributed by atoms with E-state index in [2.05, 4.69) is 10.3 Å². The first kappa shape index (κ1) is 10.6. The number of hydrogen-bond donors (Lipinski definition) is 1. The Labute approximate surface area is 87.0 Å². The Bertz CT molecular complexity index is 281. The van der Waals surface area contributed by atoms with Gasteiger partial charge in [0.2, 0.25) is 0 Å². The molecule has 1 rings (SSSR count). The molecule has 0 bridgehead atoms. The van der Waals surface area contributed by atoms with Crippen molar-refractivity contribution in [2.24, 2.45) is 0 Å². The maximum Gasteiger partial charge on any atom is 0.144 e. The van der Waals surface area contributed by atoms with Crippen LogP contribution in [0.2, 0.25) is 10.0 Å². The number of halogens is 2. The summed E-state index contributed by atoms with van der Waals surface area (Å²) >= 11 is 11.5. The number of rotatable bonds is 4. The van der Waals surface area contributed by atoms with E-state index in [9.17, 15) is 0 Å². The molecule has 3 nitrogen and oxygen atoms in total. The molecule has 0 amide bonds. The number of nitrogens with one attached hydrogen (secondary N) is 1. The van der Waals surface area contributed by atoms with Crippen LogP contribution in [0.15, 0.2) is 12.3 Å². The van der Waals surface area contributed by atoms with E-state index < -0.39 is 0 Å². The molecule has 0 atom stereocenters. The maximum atomic E-state index is 5.86. The van der Waals surface area contributed by atoms with E-state index >= 15 is 0 Å². The molecule has 0 aliphatic rings. The van der Waals surface area contributed by atoms with Crippen LogP contribution in [0, 0.1) is 0 Å². The molecular weight excluding hydrogens is 211 g/mol. The molecule has 0 aromatic carbocycles. The van der Waals surface area contributed by atoms with E-state index in [1.165, 1.54) is 0 Å². The molecule has 1 aromatic rings. The molecule has 1 heterocycles. The zero-order valence-corrected chi connectivity index (χ0v) is 8.69. The summed E-state index contributed by atoms with van der Waals surface area (Å²) in [7, 11) is 1.64. The highest BCUT2D eigenvalue weighted by Gasteiger charge is 2.00. The second-order valence-corrected chi connectivity index (χ2v) is 3.25. The zero-order chi connectivity index (χ0) is 9.68. The minimum Gasteiger partial charge on any atom is -0.383 e. The Kier molecular flexibility index (Phi) is 4.28. The van der Waals surface area contributed by atoms with Crippen LogP contribution in [0.25, 0.3) is 0 Å². The van der Waals surface area contributed by atoms with E-state index in [0.717, 1.165) is 0 Å². The molecule has 0 aliphatic carbocycles. The van der Waals surface area contributed by atoms with Gasteiger partial charge in [-0.25, -0.2) is 4.98 Å². The first-order valence-electron chi connectivity index (χ1n) is 3.78. The maximum absolute atomic E-state index is 5.86. The fourth-order valence-electron chi connectivity index (χ4n) is 0.816. The van der Waals surface area contributed by atoms with E-state index in [-0.39, 0.29) is 0 Å². The summed E-state index contributed by atoms with van der Waals surface area (Å²) in [6, 6.07) is 1.64. The van der Waals surface area contributed by atoms with E-state index in [1.54, 1.807) is 19.4 Å². The van der Waals surface area contributed by atoms with Crippen molar-refractivity contribution in [2.75, 3.05) is 25.6 Å². The van der Waals surface area contributed by atoms with Gasteiger partial charge in [0.15, 0.2) is 0 Å². The van der Waals surface area contributed by atoms with Crippen LogP contribution in [0.3, 0.4) is 0 Å². The average molecular weight is 221 g/mol. The van der Waals surface area contributed by atoms with Gasteiger partial charge >= 0.3 is 0 Å². The Morgan fingerprint density at radius 1 is 1.54 bits per heavy atom. The fraction of sp³-hybridized carbons (Fsp3) is 0.375. The quantitative estimate of drug-likeness (QED) is 0.793. The van der Waals surface area contributed by atoms with Gasteiger partial charge in [-0.2, -0.15) is 0 Å². The summed E-state index contributed by atoms with van der Waals surface area (Å²) in [5.74, 6) is 0.628. The predicted molar refractivity (Wildman–Crippen MR) is 54.6 cm³/mol. The highest BCUT2D eigenvalue weighted by molar-refractivity contribution is 6.35. The van der Waals surface area contributed by atoms with Gasteiger partial charge in [-0.3, -0.25) is 0 Å². The SMILES string of the molecule is COCCNc1ncc(Cl)cc1Cl. The Morgan fingerprint density at radius 2 is 2.31 bits per heavy atom. The van der Waals surface area contributed by atoms with Crippen molar-refractivity contribution in [1.82, 2.24) is 4.98 Å². The summed E-state index contributed by atoms with van der Waals surface area (Å²) in [5, 5.41) is 4.06. The van der Waals surface area contributed by atoms with Gasteiger partial charge in [-0.05, 0) is 6.07 Å². The Morgan fingerprint density at radius 3 is 2.92 bits per heavy atom. The van der Waals surface area contributed by atoms with Crippen LogP contribution in [0.5, 0.6) is 0 Å². The zero-order valence-electron chi connectivity index (χ0n) is 7.18. The van der Waals surface area contributed by atoms with Crippen molar-refractivity contribution < 1.29 is 4.74 Å². The molecule has 0 aliphatic heterocycles. The van der Waals surface area contributed by atoms with Gasteiger partial charge in [-0.1, -0.05) is 23.2 Å². The summed E-state index contributed by atoms with van der Waals surface area (Å²) in [6.07, 6.45) is 1.54. The van der Waals surface area contributed by atoms with Crippen molar-refractivity contribution >= 4 is 29.0 Å². The third-order valence-corrected chi connectivity index (χ3v) is 1.90. The Hall–Kier alpha value is -0.510. The van der Waals surface area contributed by atoms with Crippen molar-refractivity contribution in [3.63, 3.8) is 0 Å². The second kappa shape index (κ2) is 5.27. The van der Waals surface area contributed by atoms with Crippen LogP contribution >= 0.6 is 23.2 Å². The Balaban J connectivity index is 2.56.